The second kappa shape index (κ2) is 11.6. The molecule has 0 unspecified atom stereocenters. The van der Waals surface area contributed by atoms with Crippen LogP contribution in [0, 0.1) is 6.92 Å². The minimum Gasteiger partial charge on any atom is -0.493 e. The predicted molar refractivity (Wildman–Crippen MR) is 140 cm³/mol. The first-order valence-electron chi connectivity index (χ1n) is 10.2. The Balaban J connectivity index is 1.83. The Labute approximate surface area is 217 Å². The Morgan fingerprint density at radius 3 is 2.34 bits per heavy atom. The fourth-order valence-corrected chi connectivity index (χ4v) is 5.29. The number of hydrogen-bond donors (Lipinski definition) is 1. The summed E-state index contributed by atoms with van der Waals surface area (Å²) in [6.07, 6.45) is 1.41. The van der Waals surface area contributed by atoms with Crippen LogP contribution in [0.4, 0.5) is 5.69 Å². The van der Waals surface area contributed by atoms with Crippen LogP contribution in [-0.2, 0) is 14.8 Å². The molecule has 0 radical (unpaired) electrons. The Morgan fingerprint density at radius 1 is 1.09 bits per heavy atom. The summed E-state index contributed by atoms with van der Waals surface area (Å²) < 4.78 is 39.0. The second-order valence-electron chi connectivity index (χ2n) is 7.33. The molecule has 0 aliphatic rings. The number of nitrogens with one attached hydrogen (secondary N) is 1. The highest BCUT2D eigenvalue weighted by molar-refractivity contribution is 9.10. The number of sulfonamides is 1. The summed E-state index contributed by atoms with van der Waals surface area (Å²) in [6.45, 7) is 1.36. The molecule has 0 atom stereocenters. The number of carbonyl (C=O) groups excluding carboxylic acids is 1. The molecular weight excluding hydrogens is 558 g/mol. The van der Waals surface area contributed by atoms with Crippen LogP contribution in [0.2, 0.25) is 5.02 Å². The second-order valence-corrected chi connectivity index (χ2v) is 10.5. The Hall–Kier alpha value is -3.08. The molecule has 11 heteroatoms. The third-order valence-electron chi connectivity index (χ3n) is 4.87. The zero-order chi connectivity index (χ0) is 25.6. The molecule has 0 bridgehead atoms. The van der Waals surface area contributed by atoms with Gasteiger partial charge in [-0.25, -0.2) is 13.8 Å². The van der Waals surface area contributed by atoms with Crippen molar-refractivity contribution >= 4 is 55.4 Å². The molecule has 35 heavy (non-hydrogen) atoms. The Morgan fingerprint density at radius 2 is 1.74 bits per heavy atom. The lowest BCUT2D eigenvalue weighted by Gasteiger charge is -2.23. The van der Waals surface area contributed by atoms with Crippen molar-refractivity contribution in [1.29, 1.82) is 0 Å². The fraction of sp³-hybridized carbons (Fsp3) is 0.167. The predicted octanol–water partition coefficient (Wildman–Crippen LogP) is 4.77. The van der Waals surface area contributed by atoms with Gasteiger partial charge in [0.25, 0.3) is 15.9 Å². The molecule has 0 saturated heterocycles. The van der Waals surface area contributed by atoms with Gasteiger partial charge in [0.15, 0.2) is 11.5 Å². The average molecular weight is 581 g/mol. The number of nitrogens with zero attached hydrogens (tertiary/aromatic N) is 2. The number of hydrazone groups is 1. The first kappa shape index (κ1) is 26.5. The zero-order valence-corrected chi connectivity index (χ0v) is 22.3. The highest BCUT2D eigenvalue weighted by atomic mass is 79.9. The maximum Gasteiger partial charge on any atom is 0.264 e. The first-order valence-corrected chi connectivity index (χ1v) is 12.8. The van der Waals surface area contributed by atoms with Crippen LogP contribution in [-0.4, -0.2) is 41.3 Å². The van der Waals surface area contributed by atoms with Gasteiger partial charge in [-0.1, -0.05) is 29.3 Å². The van der Waals surface area contributed by atoms with Crippen LogP contribution in [0.3, 0.4) is 0 Å². The van der Waals surface area contributed by atoms with Crippen molar-refractivity contribution in [3.63, 3.8) is 0 Å². The molecule has 3 aromatic rings. The third-order valence-corrected chi connectivity index (χ3v) is 7.50. The Bertz CT molecular complexity index is 1330. The van der Waals surface area contributed by atoms with Gasteiger partial charge in [-0.15, -0.1) is 0 Å². The van der Waals surface area contributed by atoms with Gasteiger partial charge in [-0.3, -0.25) is 9.10 Å². The number of methoxy groups -OCH3 is 2. The van der Waals surface area contributed by atoms with E-state index in [1.807, 2.05) is 6.92 Å². The molecule has 3 aromatic carbocycles. The molecule has 8 nitrogen and oxygen atoms in total. The Kier molecular flexibility index (Phi) is 8.76. The fourth-order valence-electron chi connectivity index (χ4n) is 3.12. The van der Waals surface area contributed by atoms with E-state index in [9.17, 15) is 13.2 Å². The van der Waals surface area contributed by atoms with Crippen molar-refractivity contribution in [2.45, 2.75) is 11.8 Å². The van der Waals surface area contributed by atoms with E-state index in [2.05, 4.69) is 26.5 Å². The van der Waals surface area contributed by atoms with Crippen LogP contribution in [0.5, 0.6) is 11.5 Å². The lowest BCUT2D eigenvalue weighted by molar-refractivity contribution is -0.119. The van der Waals surface area contributed by atoms with Crippen LogP contribution >= 0.6 is 27.5 Å². The van der Waals surface area contributed by atoms with Gasteiger partial charge in [0.05, 0.1) is 35.5 Å². The van der Waals surface area contributed by atoms with Crippen LogP contribution < -0.4 is 19.2 Å². The average Bonchev–Trinajstić information content (AvgIpc) is 2.83. The number of rotatable bonds is 9. The maximum absolute atomic E-state index is 13.4. The van der Waals surface area contributed by atoms with E-state index >= 15 is 0 Å². The van der Waals surface area contributed by atoms with E-state index in [1.165, 1.54) is 44.7 Å². The van der Waals surface area contributed by atoms with Crippen LogP contribution in [0.1, 0.15) is 11.1 Å². The zero-order valence-electron chi connectivity index (χ0n) is 19.2. The van der Waals surface area contributed by atoms with Gasteiger partial charge in [0.1, 0.15) is 6.54 Å². The molecule has 0 aliphatic carbocycles. The topological polar surface area (TPSA) is 97.3 Å². The van der Waals surface area contributed by atoms with E-state index in [4.69, 9.17) is 21.1 Å². The highest BCUT2D eigenvalue weighted by Gasteiger charge is 2.27. The molecule has 3 rings (SSSR count). The van der Waals surface area contributed by atoms with Gasteiger partial charge < -0.3 is 9.47 Å². The van der Waals surface area contributed by atoms with E-state index in [0.717, 1.165) is 9.87 Å². The monoisotopic (exact) mass is 579 g/mol. The van der Waals surface area contributed by atoms with Gasteiger partial charge in [-0.2, -0.15) is 5.10 Å². The molecule has 0 spiro atoms. The highest BCUT2D eigenvalue weighted by Crippen LogP contribution is 2.35. The van der Waals surface area contributed by atoms with Crippen LogP contribution in [0.25, 0.3) is 0 Å². The quantitative estimate of drug-likeness (QED) is 0.290. The third kappa shape index (κ3) is 6.53. The maximum atomic E-state index is 13.4. The molecule has 0 fully saturated rings. The number of amides is 1. The number of aryl methyl sites for hydroxylation is 1. The number of ether oxygens (including phenoxy) is 2. The summed E-state index contributed by atoms with van der Waals surface area (Å²) in [5.41, 5.74) is 4.20. The SMILES string of the molecule is COc1cc(/C=N\NC(=O)CN(c2ccc(Cl)cc2)S(=O)(=O)c2ccc(C)cc2)cc(Br)c1OC. The number of hydrogen-bond acceptors (Lipinski definition) is 6. The molecule has 0 heterocycles. The molecule has 0 saturated carbocycles. The molecule has 1 N–H and O–H groups in total. The van der Waals surface area contributed by atoms with Crippen LogP contribution in [0.15, 0.2) is 75.1 Å². The number of carbonyl (C=O) groups is 1. The van der Waals surface area contributed by atoms with E-state index in [1.54, 1.807) is 36.4 Å². The minimum atomic E-state index is -4.04. The molecule has 1 amide bonds. The van der Waals surface area contributed by atoms with Crippen molar-refractivity contribution in [2.75, 3.05) is 25.1 Å². The van der Waals surface area contributed by atoms with Crippen molar-refractivity contribution in [2.24, 2.45) is 5.10 Å². The van der Waals surface area contributed by atoms with Crippen molar-refractivity contribution in [3.8, 4) is 11.5 Å². The molecule has 0 aliphatic heterocycles. The van der Waals surface area contributed by atoms with Crippen molar-refractivity contribution in [1.82, 2.24) is 5.43 Å². The first-order chi connectivity index (χ1) is 16.6. The summed E-state index contributed by atoms with van der Waals surface area (Å²) >= 11 is 9.36. The van der Waals surface area contributed by atoms with Gasteiger partial charge in [0, 0.05) is 5.02 Å². The van der Waals surface area contributed by atoms with Gasteiger partial charge >= 0.3 is 0 Å². The minimum absolute atomic E-state index is 0.0597. The summed E-state index contributed by atoms with van der Waals surface area (Å²) in [5, 5.41) is 4.40. The lowest BCUT2D eigenvalue weighted by Crippen LogP contribution is -2.39. The largest absolute Gasteiger partial charge is 0.493 e. The van der Waals surface area contributed by atoms with E-state index in [-0.39, 0.29) is 10.6 Å². The summed E-state index contributed by atoms with van der Waals surface area (Å²) in [6, 6.07) is 16.0. The number of halogens is 2. The molecule has 184 valence electrons. The lowest BCUT2D eigenvalue weighted by atomic mass is 10.2. The summed E-state index contributed by atoms with van der Waals surface area (Å²) in [4.78, 5) is 12.8. The van der Waals surface area contributed by atoms with Gasteiger partial charge in [-0.05, 0) is 76.9 Å². The normalized spacial score (nSPS) is 11.3. The molecular formula is C24H23BrClN3O5S. The van der Waals surface area contributed by atoms with E-state index in [0.29, 0.717) is 26.6 Å². The summed E-state index contributed by atoms with van der Waals surface area (Å²) in [7, 11) is -1.01. The van der Waals surface area contributed by atoms with Gasteiger partial charge in [0.2, 0.25) is 0 Å². The molecule has 0 aromatic heterocycles. The standard InChI is InChI=1S/C24H23BrClN3O5S/c1-16-4-10-20(11-5-16)35(31,32)29(19-8-6-18(26)7-9-19)15-23(30)28-27-14-17-12-21(25)24(34-3)22(13-17)33-2/h4-14H,15H2,1-3H3,(H,28,30)/b27-14-. The van der Waals surface area contributed by atoms with Crippen molar-refractivity contribution < 1.29 is 22.7 Å². The summed E-state index contributed by atoms with van der Waals surface area (Å²) in [5.74, 6) is 0.368. The van der Waals surface area contributed by atoms with Crippen molar-refractivity contribution in [3.05, 3.63) is 81.3 Å². The van der Waals surface area contributed by atoms with E-state index < -0.39 is 22.5 Å². The smallest absolute Gasteiger partial charge is 0.264 e. The number of benzene rings is 3. The number of anilines is 1.